The van der Waals surface area contributed by atoms with Crippen LogP contribution in [0.1, 0.15) is 11.1 Å². The zero-order valence-electron chi connectivity index (χ0n) is 13.7. The van der Waals surface area contributed by atoms with Gasteiger partial charge in [-0.05, 0) is 30.3 Å². The molecule has 144 valence electrons. The number of rotatable bonds is 2. The van der Waals surface area contributed by atoms with Gasteiger partial charge in [0.1, 0.15) is 11.6 Å². The third-order valence-corrected chi connectivity index (χ3v) is 5.04. The van der Waals surface area contributed by atoms with E-state index in [0.717, 1.165) is 12.1 Å². The summed E-state index contributed by atoms with van der Waals surface area (Å²) in [5.74, 6) is -2.68. The molecule has 0 radical (unpaired) electrons. The van der Waals surface area contributed by atoms with Crippen LogP contribution in [0, 0.1) is 5.92 Å². The second kappa shape index (κ2) is 6.49. The van der Waals surface area contributed by atoms with E-state index >= 15 is 0 Å². The third kappa shape index (κ3) is 2.93. The van der Waals surface area contributed by atoms with Crippen molar-refractivity contribution in [1.82, 2.24) is 0 Å². The molecule has 0 bridgehead atoms. The first-order chi connectivity index (χ1) is 13.2. The van der Waals surface area contributed by atoms with E-state index in [1.165, 1.54) is 0 Å². The predicted octanol–water partition coefficient (Wildman–Crippen LogP) is 4.30. The predicted molar refractivity (Wildman–Crippen MR) is 95.3 cm³/mol. The van der Waals surface area contributed by atoms with E-state index in [4.69, 9.17) is 28.0 Å². The van der Waals surface area contributed by atoms with Crippen molar-refractivity contribution in [1.29, 1.82) is 0 Å². The molecular formula is C18H9Cl2F3N2O3. The van der Waals surface area contributed by atoms with E-state index < -0.39 is 35.6 Å². The van der Waals surface area contributed by atoms with Gasteiger partial charge in [-0.15, -0.1) is 0 Å². The molecule has 0 aliphatic carbocycles. The van der Waals surface area contributed by atoms with Gasteiger partial charge < -0.3 is 4.84 Å². The summed E-state index contributed by atoms with van der Waals surface area (Å²) in [7, 11) is 0. The van der Waals surface area contributed by atoms with E-state index in [1.807, 2.05) is 0 Å². The molecule has 1 saturated heterocycles. The van der Waals surface area contributed by atoms with Crippen LogP contribution in [0.2, 0.25) is 10.0 Å². The van der Waals surface area contributed by atoms with Gasteiger partial charge in [-0.25, -0.2) is 4.90 Å². The number of benzene rings is 2. The largest absolute Gasteiger partial charge is 0.416 e. The molecule has 2 aliphatic rings. The molecule has 0 spiro atoms. The first kappa shape index (κ1) is 18.8. The van der Waals surface area contributed by atoms with Gasteiger partial charge in [0.15, 0.2) is 0 Å². The molecule has 1 fully saturated rings. The number of carbonyl (C=O) groups is 2. The van der Waals surface area contributed by atoms with Gasteiger partial charge in [-0.2, -0.15) is 13.2 Å². The number of oxime groups is 1. The normalized spacial score (nSPS) is 21.6. The van der Waals surface area contributed by atoms with Crippen LogP contribution >= 0.6 is 23.2 Å². The van der Waals surface area contributed by atoms with Crippen LogP contribution in [0.3, 0.4) is 0 Å². The summed E-state index contributed by atoms with van der Waals surface area (Å²) in [5, 5.41) is 4.12. The van der Waals surface area contributed by atoms with Crippen LogP contribution in [0.5, 0.6) is 0 Å². The Labute approximate surface area is 166 Å². The first-order valence-electron chi connectivity index (χ1n) is 7.92. The summed E-state index contributed by atoms with van der Waals surface area (Å²) >= 11 is 11.8. The Balaban J connectivity index is 1.73. The number of hydrogen-bond acceptors (Lipinski definition) is 4. The number of halogens is 5. The van der Waals surface area contributed by atoms with Crippen molar-refractivity contribution in [2.75, 3.05) is 4.90 Å². The number of fused-ring (bicyclic) bond motifs is 1. The standard InChI is InChI=1S/C18H9Cl2F3N2O3/c19-10-4-1-8(2-5-10)14-13-15(28-24-14)17(27)25(16(13)26)12-7-9(18(21,22)23)3-6-11(12)20/h1-7,13,15H/t13-,15-/m0/s1. The molecule has 0 aromatic heterocycles. The fourth-order valence-corrected chi connectivity index (χ4v) is 3.46. The van der Waals surface area contributed by atoms with Gasteiger partial charge >= 0.3 is 6.18 Å². The molecule has 2 amide bonds. The highest BCUT2D eigenvalue weighted by molar-refractivity contribution is 6.38. The summed E-state index contributed by atoms with van der Waals surface area (Å²) in [5.41, 5.74) is -0.669. The van der Waals surface area contributed by atoms with Gasteiger partial charge in [-0.3, -0.25) is 9.59 Å². The highest BCUT2D eigenvalue weighted by Gasteiger charge is 2.56. The lowest BCUT2D eigenvalue weighted by molar-refractivity contribution is -0.137. The van der Waals surface area contributed by atoms with Crippen molar-refractivity contribution in [3.05, 3.63) is 63.6 Å². The number of imide groups is 1. The summed E-state index contributed by atoms with van der Waals surface area (Å²) in [4.78, 5) is 31.4. The Morgan fingerprint density at radius 3 is 2.32 bits per heavy atom. The van der Waals surface area contributed by atoms with Crippen molar-refractivity contribution >= 4 is 46.4 Å². The molecule has 0 saturated carbocycles. The zero-order valence-corrected chi connectivity index (χ0v) is 15.2. The van der Waals surface area contributed by atoms with Gasteiger partial charge in [0.05, 0.1) is 16.3 Å². The summed E-state index contributed by atoms with van der Waals surface area (Å²) in [6.45, 7) is 0. The van der Waals surface area contributed by atoms with Crippen LogP contribution in [-0.2, 0) is 20.6 Å². The minimum atomic E-state index is -4.66. The Hall–Kier alpha value is -2.58. The summed E-state index contributed by atoms with van der Waals surface area (Å²) in [6.07, 6.45) is -5.92. The monoisotopic (exact) mass is 428 g/mol. The van der Waals surface area contributed by atoms with Gasteiger partial charge in [0, 0.05) is 10.6 Å². The Bertz CT molecular complexity index is 1020. The van der Waals surface area contributed by atoms with Crippen molar-refractivity contribution in [3.63, 3.8) is 0 Å². The maximum absolute atomic E-state index is 13.0. The fraction of sp³-hybridized carbons (Fsp3) is 0.167. The molecule has 0 unspecified atom stereocenters. The van der Waals surface area contributed by atoms with Crippen LogP contribution in [-0.4, -0.2) is 23.6 Å². The molecule has 2 aromatic rings. The lowest BCUT2D eigenvalue weighted by Gasteiger charge is -2.18. The van der Waals surface area contributed by atoms with Crippen LogP contribution in [0.25, 0.3) is 0 Å². The lowest BCUT2D eigenvalue weighted by Crippen LogP contribution is -2.33. The minimum absolute atomic E-state index is 0.167. The number of amides is 2. The van der Waals surface area contributed by atoms with Gasteiger partial charge in [-0.1, -0.05) is 40.5 Å². The van der Waals surface area contributed by atoms with E-state index in [9.17, 15) is 22.8 Å². The van der Waals surface area contributed by atoms with Gasteiger partial charge in [0.2, 0.25) is 12.0 Å². The molecule has 28 heavy (non-hydrogen) atoms. The maximum atomic E-state index is 13.0. The SMILES string of the molecule is O=C1[C@H]2C(c3ccc(Cl)cc3)=NO[C@@H]2C(=O)N1c1cc(C(F)(F)F)ccc1Cl. The number of nitrogens with zero attached hydrogens (tertiary/aromatic N) is 2. The van der Waals surface area contributed by atoms with E-state index in [1.54, 1.807) is 24.3 Å². The summed E-state index contributed by atoms with van der Waals surface area (Å²) < 4.78 is 39.1. The Kier molecular flexibility index (Phi) is 4.35. The number of hydrogen-bond donors (Lipinski definition) is 0. The highest BCUT2D eigenvalue weighted by atomic mass is 35.5. The third-order valence-electron chi connectivity index (χ3n) is 4.47. The average Bonchev–Trinajstić information content (AvgIpc) is 3.16. The molecule has 2 aromatic carbocycles. The Morgan fingerprint density at radius 2 is 1.68 bits per heavy atom. The maximum Gasteiger partial charge on any atom is 0.416 e. The molecule has 10 heteroatoms. The second-order valence-electron chi connectivity index (χ2n) is 6.16. The molecule has 5 nitrogen and oxygen atoms in total. The van der Waals surface area contributed by atoms with Crippen molar-refractivity contribution < 1.29 is 27.6 Å². The quantitative estimate of drug-likeness (QED) is 0.669. The summed E-state index contributed by atoms with van der Waals surface area (Å²) in [6, 6.07) is 8.79. The smallest absolute Gasteiger partial charge is 0.381 e. The van der Waals surface area contributed by atoms with E-state index in [0.29, 0.717) is 21.6 Å². The number of anilines is 1. The molecule has 2 heterocycles. The first-order valence-corrected chi connectivity index (χ1v) is 8.68. The second-order valence-corrected chi connectivity index (χ2v) is 7.01. The molecule has 2 aliphatic heterocycles. The van der Waals surface area contributed by atoms with Gasteiger partial charge in [0.25, 0.3) is 5.91 Å². The lowest BCUT2D eigenvalue weighted by atomic mass is 9.94. The molecule has 0 N–H and O–H groups in total. The van der Waals surface area contributed by atoms with Crippen LogP contribution in [0.4, 0.5) is 18.9 Å². The fourth-order valence-electron chi connectivity index (χ4n) is 3.13. The van der Waals surface area contributed by atoms with Crippen LogP contribution < -0.4 is 4.90 Å². The average molecular weight is 429 g/mol. The Morgan fingerprint density at radius 1 is 1.00 bits per heavy atom. The number of carbonyl (C=O) groups excluding carboxylic acids is 2. The molecular weight excluding hydrogens is 420 g/mol. The minimum Gasteiger partial charge on any atom is -0.381 e. The molecule has 2 atom stereocenters. The topological polar surface area (TPSA) is 59.0 Å². The van der Waals surface area contributed by atoms with Crippen molar-refractivity contribution in [2.24, 2.45) is 11.1 Å². The zero-order chi connectivity index (χ0) is 20.2. The van der Waals surface area contributed by atoms with E-state index in [-0.39, 0.29) is 16.4 Å². The number of alkyl halides is 3. The van der Waals surface area contributed by atoms with Crippen molar-refractivity contribution in [3.8, 4) is 0 Å². The van der Waals surface area contributed by atoms with Crippen molar-refractivity contribution in [2.45, 2.75) is 12.3 Å². The highest BCUT2D eigenvalue weighted by Crippen LogP contribution is 2.40. The molecule has 4 rings (SSSR count). The van der Waals surface area contributed by atoms with Crippen LogP contribution in [0.15, 0.2) is 47.6 Å². The van der Waals surface area contributed by atoms with E-state index in [2.05, 4.69) is 5.16 Å².